The molecular formula is C38H66O15. The van der Waals surface area contributed by atoms with Crippen LogP contribution < -0.4 is 0 Å². The van der Waals surface area contributed by atoms with Gasteiger partial charge in [0.25, 0.3) is 0 Å². The Bertz CT molecular complexity index is 1090. The second kappa shape index (κ2) is 27.9. The van der Waals surface area contributed by atoms with Crippen molar-refractivity contribution in [2.75, 3.05) is 26.4 Å². The maximum Gasteiger partial charge on any atom is 0.339 e. The minimum atomic E-state index is -2.68. The molecular weight excluding hydrogens is 696 g/mol. The van der Waals surface area contributed by atoms with Crippen LogP contribution in [0.1, 0.15) is 151 Å². The van der Waals surface area contributed by atoms with Crippen molar-refractivity contribution in [2.24, 2.45) is 11.3 Å². The molecule has 0 heterocycles. The Balaban J connectivity index is 0. The quantitative estimate of drug-likeness (QED) is 0.0289. The van der Waals surface area contributed by atoms with E-state index in [9.17, 15) is 54.0 Å². The zero-order valence-electron chi connectivity index (χ0n) is 33.0. The first-order valence-electron chi connectivity index (χ1n) is 19.0. The number of aliphatic carboxylic acids is 3. The monoisotopic (exact) mass is 762 g/mol. The standard InChI is InChI=1S/C20H34O8.C18H32O7/c1-5-8-11-19(17(24)25,12-9-6-2)20(18(26)27,28-13-10-7-3)15(14(4)21)16(22)23;1-4-7-10-23-15(19)13-18(22,17(21)25-12-9-6-3)14-16(20)24-11-8-5-2/h15H,5-13H2,1-4H3,(H,22,23)(H,24,25)(H,26,27);22H,4-14H2,1-3H3. The number of rotatable bonds is 30. The highest BCUT2D eigenvalue weighted by atomic mass is 16.6. The number of Topliss-reactive ketones (excluding diaryl/α,β-unsaturated/α-hetero) is 1. The van der Waals surface area contributed by atoms with E-state index in [1.54, 1.807) is 0 Å². The summed E-state index contributed by atoms with van der Waals surface area (Å²) >= 11 is 0. The lowest BCUT2D eigenvalue weighted by molar-refractivity contribution is -0.219. The van der Waals surface area contributed by atoms with E-state index in [1.807, 2.05) is 41.5 Å². The Kier molecular flexibility index (Phi) is 27.2. The van der Waals surface area contributed by atoms with Crippen LogP contribution in [-0.4, -0.2) is 99.7 Å². The summed E-state index contributed by atoms with van der Waals surface area (Å²) < 4.78 is 20.6. The highest BCUT2D eigenvalue weighted by Gasteiger charge is 2.69. The Labute approximate surface area is 314 Å². The largest absolute Gasteiger partial charge is 0.481 e. The van der Waals surface area contributed by atoms with Crippen LogP contribution in [0.3, 0.4) is 0 Å². The zero-order chi connectivity index (χ0) is 41.1. The number of carboxylic acids is 3. The molecule has 0 spiro atoms. The molecule has 0 aromatic heterocycles. The van der Waals surface area contributed by atoms with Gasteiger partial charge in [-0.2, -0.15) is 0 Å². The van der Waals surface area contributed by atoms with Crippen molar-refractivity contribution < 1.29 is 72.9 Å². The third kappa shape index (κ3) is 17.0. The van der Waals surface area contributed by atoms with E-state index in [1.165, 1.54) is 0 Å². The van der Waals surface area contributed by atoms with Gasteiger partial charge in [0, 0.05) is 6.61 Å². The van der Waals surface area contributed by atoms with Crippen LogP contribution in [0.25, 0.3) is 0 Å². The third-order valence-corrected chi connectivity index (χ3v) is 8.75. The van der Waals surface area contributed by atoms with E-state index in [2.05, 4.69) is 0 Å². The van der Waals surface area contributed by atoms with Crippen LogP contribution in [0.5, 0.6) is 0 Å². The SMILES string of the molecule is CCCCOC(=O)CC(O)(CC(=O)OCCCC)C(=O)OCCCC.CCCCOC(C(=O)O)(C(C(C)=O)C(=O)O)C(CCCC)(CCCC)C(=O)O. The molecule has 0 aromatic carbocycles. The minimum absolute atomic E-state index is 0.0890. The first-order chi connectivity index (χ1) is 25.0. The van der Waals surface area contributed by atoms with Gasteiger partial charge in [0.15, 0.2) is 11.5 Å². The molecule has 0 aromatic rings. The molecule has 0 aliphatic heterocycles. The van der Waals surface area contributed by atoms with Gasteiger partial charge in [-0.05, 0) is 45.4 Å². The number of unbranched alkanes of at least 4 members (excludes halogenated alkanes) is 6. The maximum absolute atomic E-state index is 12.5. The molecule has 0 radical (unpaired) electrons. The van der Waals surface area contributed by atoms with E-state index in [0.717, 1.165) is 26.2 Å². The summed E-state index contributed by atoms with van der Waals surface area (Å²) in [5, 5.41) is 40.6. The molecule has 2 atom stereocenters. The smallest absolute Gasteiger partial charge is 0.339 e. The molecule has 15 nitrogen and oxygen atoms in total. The summed E-state index contributed by atoms with van der Waals surface area (Å²) in [6, 6.07) is 0. The second-order valence-corrected chi connectivity index (χ2v) is 13.2. The maximum atomic E-state index is 12.5. The minimum Gasteiger partial charge on any atom is -0.481 e. The highest BCUT2D eigenvalue weighted by Crippen LogP contribution is 2.49. The number of ether oxygens (including phenoxy) is 4. The summed E-state index contributed by atoms with van der Waals surface area (Å²) in [5.74, 6) is -10.4. The number of hydrogen-bond donors (Lipinski definition) is 4. The van der Waals surface area contributed by atoms with Gasteiger partial charge in [-0.25, -0.2) is 9.59 Å². The second-order valence-electron chi connectivity index (χ2n) is 13.2. The van der Waals surface area contributed by atoms with Crippen molar-refractivity contribution >= 4 is 41.6 Å². The van der Waals surface area contributed by atoms with Crippen LogP contribution in [0.15, 0.2) is 0 Å². The van der Waals surface area contributed by atoms with Crippen LogP contribution in [0.4, 0.5) is 0 Å². The van der Waals surface area contributed by atoms with Gasteiger partial charge in [-0.3, -0.25) is 24.0 Å². The summed E-state index contributed by atoms with van der Waals surface area (Å²) in [7, 11) is 0. The lowest BCUT2D eigenvalue weighted by Crippen LogP contribution is -2.67. The van der Waals surface area contributed by atoms with E-state index in [-0.39, 0.29) is 39.3 Å². The lowest BCUT2D eigenvalue weighted by Gasteiger charge is -2.47. The summed E-state index contributed by atoms with van der Waals surface area (Å²) in [5.41, 5.74) is -6.98. The van der Waals surface area contributed by atoms with Crippen LogP contribution in [0.2, 0.25) is 0 Å². The number of carboxylic acid groups (broad SMARTS) is 3. The first kappa shape index (κ1) is 51.5. The summed E-state index contributed by atoms with van der Waals surface area (Å²) in [6.07, 6.45) is 6.01. The Morgan fingerprint density at radius 1 is 0.547 bits per heavy atom. The predicted octanol–water partition coefficient (Wildman–Crippen LogP) is 5.90. The molecule has 0 fully saturated rings. The molecule has 0 saturated heterocycles. The Hall–Kier alpha value is -3.59. The van der Waals surface area contributed by atoms with Crippen molar-refractivity contribution in [3.8, 4) is 0 Å². The van der Waals surface area contributed by atoms with Crippen LogP contribution in [0, 0.1) is 11.3 Å². The zero-order valence-corrected chi connectivity index (χ0v) is 33.0. The number of esters is 3. The van der Waals surface area contributed by atoms with Gasteiger partial charge < -0.3 is 39.4 Å². The number of carbonyl (C=O) groups excluding carboxylic acids is 4. The van der Waals surface area contributed by atoms with Crippen molar-refractivity contribution in [3.05, 3.63) is 0 Å². The highest BCUT2D eigenvalue weighted by molar-refractivity contribution is 6.06. The average Bonchev–Trinajstić information content (AvgIpc) is 3.08. The number of ketones is 1. The van der Waals surface area contributed by atoms with E-state index in [4.69, 9.17) is 18.9 Å². The number of carbonyl (C=O) groups is 7. The van der Waals surface area contributed by atoms with E-state index in [0.29, 0.717) is 57.8 Å². The fourth-order valence-corrected chi connectivity index (χ4v) is 5.62. The van der Waals surface area contributed by atoms with Crippen LogP contribution >= 0.6 is 0 Å². The van der Waals surface area contributed by atoms with Crippen molar-refractivity contribution in [3.63, 3.8) is 0 Å². The molecule has 53 heavy (non-hydrogen) atoms. The number of aliphatic hydroxyl groups is 1. The summed E-state index contributed by atoms with van der Waals surface area (Å²) in [6.45, 7) is 12.7. The molecule has 0 saturated carbocycles. The predicted molar refractivity (Wildman–Crippen MR) is 194 cm³/mol. The number of hydrogen-bond acceptors (Lipinski definition) is 12. The summed E-state index contributed by atoms with van der Waals surface area (Å²) in [4.78, 5) is 85.2. The molecule has 0 aliphatic rings. The van der Waals surface area contributed by atoms with Gasteiger partial charge in [-0.15, -0.1) is 0 Å². The van der Waals surface area contributed by atoms with Gasteiger partial charge in [0.1, 0.15) is 11.2 Å². The van der Waals surface area contributed by atoms with Crippen molar-refractivity contribution in [1.29, 1.82) is 0 Å². The van der Waals surface area contributed by atoms with Gasteiger partial charge in [-0.1, -0.05) is 92.9 Å². The normalized spacial score (nSPS) is 13.1. The van der Waals surface area contributed by atoms with E-state index >= 15 is 0 Å². The molecule has 0 rings (SSSR count). The molecule has 15 heteroatoms. The molecule has 308 valence electrons. The van der Waals surface area contributed by atoms with Crippen molar-refractivity contribution in [2.45, 2.75) is 162 Å². The topological polar surface area (TPSA) is 237 Å². The molecule has 2 unspecified atom stereocenters. The Morgan fingerprint density at radius 2 is 0.925 bits per heavy atom. The Morgan fingerprint density at radius 3 is 1.25 bits per heavy atom. The van der Waals surface area contributed by atoms with Gasteiger partial charge in [0.05, 0.1) is 32.7 Å². The van der Waals surface area contributed by atoms with Gasteiger partial charge >= 0.3 is 35.8 Å². The molecule has 0 amide bonds. The fourth-order valence-electron chi connectivity index (χ4n) is 5.62. The molecule has 0 bridgehead atoms. The van der Waals surface area contributed by atoms with Crippen LogP contribution in [-0.2, 0) is 52.5 Å². The fraction of sp³-hybridized carbons (Fsp3) is 0.816. The third-order valence-electron chi connectivity index (χ3n) is 8.75. The lowest BCUT2D eigenvalue weighted by atomic mass is 9.59. The molecule has 4 N–H and O–H groups in total. The van der Waals surface area contributed by atoms with E-state index < -0.39 is 77.0 Å². The average molecular weight is 763 g/mol. The van der Waals surface area contributed by atoms with Gasteiger partial charge in [0.2, 0.25) is 5.60 Å². The first-order valence-corrected chi connectivity index (χ1v) is 19.0. The van der Waals surface area contributed by atoms with Crippen molar-refractivity contribution in [1.82, 2.24) is 0 Å². The molecule has 0 aliphatic carbocycles.